The zero-order chi connectivity index (χ0) is 17.8. The highest BCUT2D eigenvalue weighted by Gasteiger charge is 2.43. The van der Waals surface area contributed by atoms with Gasteiger partial charge in [-0.05, 0) is 60.3 Å². The van der Waals surface area contributed by atoms with Gasteiger partial charge in [-0.15, -0.1) is 0 Å². The number of allylic oxidation sites excluding steroid dienone is 2. The van der Waals surface area contributed by atoms with E-state index in [-0.39, 0.29) is 11.8 Å². The Balaban J connectivity index is 1.41. The Kier molecular flexibility index (Phi) is 3.57. The average Bonchev–Trinajstić information content (AvgIpc) is 3.42. The zero-order valence-electron chi connectivity index (χ0n) is 14.6. The number of amides is 2. The van der Waals surface area contributed by atoms with Crippen molar-refractivity contribution in [3.8, 4) is 0 Å². The predicted octanol–water partition coefficient (Wildman–Crippen LogP) is 4.86. The van der Waals surface area contributed by atoms with Crippen LogP contribution in [0.1, 0.15) is 52.0 Å². The number of nitrogens with zero attached hydrogens (tertiary/aromatic N) is 1. The van der Waals surface area contributed by atoms with Gasteiger partial charge in [0, 0.05) is 11.4 Å². The van der Waals surface area contributed by atoms with E-state index in [1.54, 1.807) is 17.7 Å². The van der Waals surface area contributed by atoms with Gasteiger partial charge in [0.2, 0.25) is 0 Å². The molecule has 26 heavy (non-hydrogen) atoms. The summed E-state index contributed by atoms with van der Waals surface area (Å²) in [6, 6.07) is 15.7. The van der Waals surface area contributed by atoms with Gasteiger partial charge in [-0.2, -0.15) is 0 Å². The van der Waals surface area contributed by atoms with Gasteiger partial charge in [-0.25, -0.2) is 0 Å². The number of thioether (sulfide) groups is 1. The Morgan fingerprint density at radius 3 is 2.38 bits per heavy atom. The van der Waals surface area contributed by atoms with E-state index in [2.05, 4.69) is 31.2 Å². The molecule has 1 aliphatic carbocycles. The molecule has 2 unspecified atom stereocenters. The predicted molar refractivity (Wildman–Crippen MR) is 102 cm³/mol. The van der Waals surface area contributed by atoms with Crippen LogP contribution in [0.5, 0.6) is 0 Å². The first-order valence-corrected chi connectivity index (χ1v) is 9.88. The number of hydrogen-bond acceptors (Lipinski definition) is 3. The van der Waals surface area contributed by atoms with Crippen LogP contribution >= 0.6 is 11.8 Å². The molecule has 0 aromatic heterocycles. The number of fused-ring (bicyclic) bond motifs is 3. The second-order valence-electron chi connectivity index (χ2n) is 7.23. The molecule has 0 bridgehead atoms. The van der Waals surface area contributed by atoms with E-state index < -0.39 is 0 Å². The molecule has 0 N–H and O–H groups in total. The van der Waals surface area contributed by atoms with Crippen LogP contribution in [0.15, 0.2) is 63.9 Å². The maximum Gasteiger partial charge on any atom is 0.261 e. The maximum atomic E-state index is 12.6. The number of carbonyl (C=O) groups is 2. The first-order valence-electron chi connectivity index (χ1n) is 9.07. The van der Waals surface area contributed by atoms with Gasteiger partial charge >= 0.3 is 0 Å². The topological polar surface area (TPSA) is 37.4 Å². The lowest BCUT2D eigenvalue weighted by Crippen LogP contribution is -2.31. The van der Waals surface area contributed by atoms with E-state index in [1.807, 2.05) is 23.9 Å². The summed E-state index contributed by atoms with van der Waals surface area (Å²) in [5.41, 5.74) is 4.00. The first-order chi connectivity index (χ1) is 12.6. The maximum absolute atomic E-state index is 12.6. The molecule has 2 heterocycles. The van der Waals surface area contributed by atoms with Crippen LogP contribution in [0.4, 0.5) is 0 Å². The summed E-state index contributed by atoms with van der Waals surface area (Å²) < 4.78 is 0. The van der Waals surface area contributed by atoms with Crippen LogP contribution in [0, 0.1) is 5.92 Å². The molecular weight excluding hydrogens is 342 g/mol. The average molecular weight is 361 g/mol. The summed E-state index contributed by atoms with van der Waals surface area (Å²) in [7, 11) is 0. The van der Waals surface area contributed by atoms with Crippen LogP contribution in [0.3, 0.4) is 0 Å². The quantitative estimate of drug-likeness (QED) is 0.733. The Labute approximate surface area is 157 Å². The molecule has 2 amide bonds. The van der Waals surface area contributed by atoms with Crippen LogP contribution in [0.25, 0.3) is 0 Å². The van der Waals surface area contributed by atoms with Crippen molar-refractivity contribution in [2.24, 2.45) is 5.92 Å². The lowest BCUT2D eigenvalue weighted by molar-refractivity contribution is 0.0648. The molecule has 2 aromatic carbocycles. The van der Waals surface area contributed by atoms with Gasteiger partial charge < -0.3 is 0 Å². The van der Waals surface area contributed by atoms with E-state index in [1.165, 1.54) is 20.3 Å². The van der Waals surface area contributed by atoms with Gasteiger partial charge in [0.05, 0.1) is 11.1 Å². The molecule has 2 atom stereocenters. The van der Waals surface area contributed by atoms with Crippen molar-refractivity contribution in [2.75, 3.05) is 6.54 Å². The first kappa shape index (κ1) is 15.9. The summed E-state index contributed by atoms with van der Waals surface area (Å²) in [6.45, 7) is 2.70. The molecule has 0 radical (unpaired) electrons. The highest BCUT2D eigenvalue weighted by atomic mass is 32.2. The molecule has 2 aliphatic heterocycles. The molecule has 0 saturated heterocycles. The molecule has 130 valence electrons. The number of benzene rings is 2. The molecule has 1 fully saturated rings. The Bertz CT molecular complexity index is 943. The minimum absolute atomic E-state index is 0.148. The largest absolute Gasteiger partial charge is 0.274 e. The number of rotatable bonds is 3. The summed E-state index contributed by atoms with van der Waals surface area (Å²) in [6.07, 6.45) is 1.98. The third kappa shape index (κ3) is 2.36. The van der Waals surface area contributed by atoms with E-state index >= 15 is 0 Å². The van der Waals surface area contributed by atoms with Crippen LogP contribution in [-0.2, 0) is 0 Å². The smallest absolute Gasteiger partial charge is 0.261 e. The van der Waals surface area contributed by atoms with Crippen molar-refractivity contribution in [3.05, 3.63) is 75.7 Å². The highest BCUT2D eigenvalue weighted by molar-refractivity contribution is 8.03. The summed E-state index contributed by atoms with van der Waals surface area (Å²) in [4.78, 5) is 29.4. The van der Waals surface area contributed by atoms with Crippen molar-refractivity contribution >= 4 is 23.6 Å². The van der Waals surface area contributed by atoms with Gasteiger partial charge in [0.25, 0.3) is 11.8 Å². The van der Waals surface area contributed by atoms with E-state index in [4.69, 9.17) is 0 Å². The summed E-state index contributed by atoms with van der Waals surface area (Å²) in [5.74, 6) is 0.658. The van der Waals surface area contributed by atoms with Crippen molar-refractivity contribution < 1.29 is 9.59 Å². The second-order valence-corrected chi connectivity index (χ2v) is 8.49. The molecule has 3 nitrogen and oxygen atoms in total. The molecule has 5 rings (SSSR count). The van der Waals surface area contributed by atoms with Crippen molar-refractivity contribution in [3.63, 3.8) is 0 Å². The molecule has 3 aliphatic rings. The van der Waals surface area contributed by atoms with Crippen LogP contribution in [-0.4, -0.2) is 23.3 Å². The van der Waals surface area contributed by atoms with E-state index in [9.17, 15) is 9.59 Å². The highest BCUT2D eigenvalue weighted by Crippen LogP contribution is 2.57. The van der Waals surface area contributed by atoms with Gasteiger partial charge in [-0.3, -0.25) is 14.5 Å². The van der Waals surface area contributed by atoms with Crippen LogP contribution in [0.2, 0.25) is 0 Å². The second kappa shape index (κ2) is 5.85. The minimum Gasteiger partial charge on any atom is -0.274 e. The summed E-state index contributed by atoms with van der Waals surface area (Å²) >= 11 is 1.87. The van der Waals surface area contributed by atoms with E-state index in [0.29, 0.717) is 29.5 Å². The molecule has 0 spiro atoms. The fraction of sp³-hybridized carbons (Fsp3) is 0.273. The Hall–Kier alpha value is -2.33. The van der Waals surface area contributed by atoms with Gasteiger partial charge in [0.15, 0.2) is 0 Å². The molecule has 4 heteroatoms. The van der Waals surface area contributed by atoms with Crippen molar-refractivity contribution in [1.29, 1.82) is 0 Å². The third-order valence-electron chi connectivity index (χ3n) is 5.79. The zero-order valence-corrected chi connectivity index (χ0v) is 15.4. The SMILES string of the molecule is CC1=C2CC2C(CCN2C(=O)c3ccccc3C2=O)c2ccccc2S1. The third-order valence-corrected chi connectivity index (χ3v) is 6.95. The van der Waals surface area contributed by atoms with Gasteiger partial charge in [0.1, 0.15) is 0 Å². The molecule has 2 aromatic rings. The fourth-order valence-corrected chi connectivity index (χ4v) is 5.54. The standard InChI is InChI=1S/C22H19NO2S/c1-13-18-12-19(18)14(15-6-4-5-9-20(15)26-13)10-11-23-21(24)16-7-2-3-8-17(16)22(23)25/h2-9,14,19H,10-12H2,1H3. The van der Waals surface area contributed by atoms with E-state index in [0.717, 1.165) is 12.8 Å². The summed E-state index contributed by atoms with van der Waals surface area (Å²) in [5, 5.41) is 0. The fourth-order valence-electron chi connectivity index (χ4n) is 4.36. The van der Waals surface area contributed by atoms with Gasteiger partial charge in [-0.1, -0.05) is 47.7 Å². The lowest BCUT2D eigenvalue weighted by Gasteiger charge is -2.21. The Morgan fingerprint density at radius 1 is 1.00 bits per heavy atom. The lowest BCUT2D eigenvalue weighted by atomic mass is 9.90. The number of hydrogen-bond donors (Lipinski definition) is 0. The normalized spacial score (nSPS) is 23.5. The Morgan fingerprint density at radius 2 is 1.65 bits per heavy atom. The molecule has 1 saturated carbocycles. The van der Waals surface area contributed by atoms with Crippen molar-refractivity contribution in [2.45, 2.75) is 30.6 Å². The number of carbonyl (C=O) groups excluding carboxylic acids is 2. The van der Waals surface area contributed by atoms with Crippen LogP contribution < -0.4 is 0 Å². The molecular formula is C22H19NO2S. The number of imide groups is 1. The van der Waals surface area contributed by atoms with Crippen molar-refractivity contribution in [1.82, 2.24) is 4.90 Å². The minimum atomic E-state index is -0.148. The monoisotopic (exact) mass is 361 g/mol.